The second-order valence-corrected chi connectivity index (χ2v) is 4.54. The number of rotatable bonds is 8. The minimum Gasteiger partial charge on any atom is -0.463 e. The van der Waals surface area contributed by atoms with Crippen molar-refractivity contribution < 1.29 is 33.4 Å². The van der Waals surface area contributed by atoms with Gasteiger partial charge in [0, 0.05) is 17.8 Å². The number of hydrogen-bond donors (Lipinski definition) is 1. The van der Waals surface area contributed by atoms with Crippen molar-refractivity contribution in [1.29, 1.82) is 0 Å². The molecule has 0 atom stereocenters. The number of hydrogen-bond acceptors (Lipinski definition) is 7. The van der Waals surface area contributed by atoms with Gasteiger partial charge in [-0.25, -0.2) is 14.4 Å². The molecule has 134 valence electrons. The Bertz CT molecular complexity index is 649. The normalized spacial score (nSPS) is 10.2. The van der Waals surface area contributed by atoms with E-state index in [9.17, 15) is 19.2 Å². The van der Waals surface area contributed by atoms with Crippen LogP contribution in [-0.4, -0.2) is 43.6 Å². The molecule has 0 heterocycles. The first-order chi connectivity index (χ1) is 12.0. The maximum atomic E-state index is 11.7. The maximum Gasteiger partial charge on any atom is 0.338 e. The van der Waals surface area contributed by atoms with E-state index >= 15 is 0 Å². The molecule has 0 aliphatic heterocycles. The molecule has 1 aromatic carbocycles. The van der Waals surface area contributed by atoms with E-state index in [1.807, 2.05) is 0 Å². The van der Waals surface area contributed by atoms with Crippen molar-refractivity contribution >= 4 is 29.5 Å². The summed E-state index contributed by atoms with van der Waals surface area (Å²) < 4.78 is 14.1. The van der Waals surface area contributed by atoms with Crippen LogP contribution < -0.4 is 5.32 Å². The van der Waals surface area contributed by atoms with Crippen LogP contribution in [-0.2, 0) is 28.6 Å². The molecule has 0 aliphatic carbocycles. The number of carbonyl (C=O) groups is 4. The van der Waals surface area contributed by atoms with Gasteiger partial charge in [-0.1, -0.05) is 0 Å². The molecule has 0 fully saturated rings. The van der Waals surface area contributed by atoms with Crippen LogP contribution in [0.25, 0.3) is 0 Å². The lowest BCUT2D eigenvalue weighted by Gasteiger charge is -2.06. The molecular formula is C17H19NO7. The predicted molar refractivity (Wildman–Crippen MR) is 87.8 cm³/mol. The minimum absolute atomic E-state index is 0.190. The second-order valence-electron chi connectivity index (χ2n) is 4.54. The van der Waals surface area contributed by atoms with E-state index in [0.29, 0.717) is 11.3 Å². The van der Waals surface area contributed by atoms with Gasteiger partial charge in [0.05, 0.1) is 18.8 Å². The van der Waals surface area contributed by atoms with E-state index in [2.05, 4.69) is 14.8 Å². The molecule has 0 aliphatic rings. The quantitative estimate of drug-likeness (QED) is 0.430. The van der Waals surface area contributed by atoms with Crippen LogP contribution >= 0.6 is 0 Å². The van der Waals surface area contributed by atoms with Crippen molar-refractivity contribution in [3.63, 3.8) is 0 Å². The summed E-state index contributed by atoms with van der Waals surface area (Å²) in [6.07, 6.45) is 1.79. The highest BCUT2D eigenvalue weighted by Gasteiger charge is 2.09. The average molecular weight is 349 g/mol. The number of anilines is 1. The minimum atomic E-state index is -0.846. The van der Waals surface area contributed by atoms with E-state index in [-0.39, 0.29) is 13.2 Å². The Morgan fingerprint density at radius 3 is 2.00 bits per heavy atom. The molecule has 25 heavy (non-hydrogen) atoms. The zero-order valence-corrected chi connectivity index (χ0v) is 13.9. The number of ether oxygens (including phenoxy) is 3. The largest absolute Gasteiger partial charge is 0.463 e. The van der Waals surface area contributed by atoms with Crippen molar-refractivity contribution in [2.45, 2.75) is 13.8 Å². The molecule has 0 unspecified atom stereocenters. The lowest BCUT2D eigenvalue weighted by atomic mass is 10.2. The van der Waals surface area contributed by atoms with Gasteiger partial charge in [-0.3, -0.25) is 4.79 Å². The van der Waals surface area contributed by atoms with Gasteiger partial charge in [0.25, 0.3) is 5.91 Å². The van der Waals surface area contributed by atoms with E-state index in [1.165, 1.54) is 24.3 Å². The molecule has 0 saturated heterocycles. The highest BCUT2D eigenvalue weighted by molar-refractivity contribution is 5.96. The lowest BCUT2D eigenvalue weighted by Crippen LogP contribution is -2.20. The summed E-state index contributed by atoms with van der Waals surface area (Å²) >= 11 is 0. The number of nitrogens with one attached hydrogen (secondary N) is 1. The van der Waals surface area contributed by atoms with Crippen LogP contribution in [0.4, 0.5) is 5.69 Å². The van der Waals surface area contributed by atoms with Crippen LogP contribution in [0.2, 0.25) is 0 Å². The van der Waals surface area contributed by atoms with Crippen LogP contribution in [0.5, 0.6) is 0 Å². The van der Waals surface area contributed by atoms with E-state index in [1.54, 1.807) is 13.8 Å². The first-order valence-corrected chi connectivity index (χ1v) is 7.54. The molecule has 0 bridgehead atoms. The summed E-state index contributed by atoms with van der Waals surface area (Å²) in [4.78, 5) is 45.5. The third-order valence-corrected chi connectivity index (χ3v) is 2.67. The zero-order chi connectivity index (χ0) is 18.7. The van der Waals surface area contributed by atoms with E-state index in [0.717, 1.165) is 12.2 Å². The van der Waals surface area contributed by atoms with E-state index in [4.69, 9.17) is 4.74 Å². The highest BCUT2D eigenvalue weighted by Crippen LogP contribution is 2.10. The Labute approximate surface area is 144 Å². The number of amides is 1. The summed E-state index contributed by atoms with van der Waals surface area (Å²) in [5, 5.41) is 2.50. The number of esters is 3. The predicted octanol–water partition coefficient (Wildman–Crippen LogP) is 1.46. The Kier molecular flexibility index (Phi) is 8.42. The Morgan fingerprint density at radius 1 is 0.880 bits per heavy atom. The fourth-order valence-corrected chi connectivity index (χ4v) is 1.61. The van der Waals surface area contributed by atoms with Crippen molar-refractivity contribution in [1.82, 2.24) is 0 Å². The SMILES string of the molecule is CCOC(=O)/C=C/C(=O)OCC(=O)Nc1ccc(C(=O)OCC)cc1. The smallest absolute Gasteiger partial charge is 0.338 e. The molecule has 8 heteroatoms. The van der Waals surface area contributed by atoms with Crippen molar-refractivity contribution in [2.24, 2.45) is 0 Å². The first kappa shape index (κ1) is 19.9. The summed E-state index contributed by atoms with van der Waals surface area (Å²) in [6, 6.07) is 6.04. The van der Waals surface area contributed by atoms with Gasteiger partial charge in [-0.15, -0.1) is 0 Å². The van der Waals surface area contributed by atoms with Gasteiger partial charge in [0.15, 0.2) is 6.61 Å². The second kappa shape index (κ2) is 10.6. The molecule has 1 aromatic rings. The van der Waals surface area contributed by atoms with E-state index < -0.39 is 30.4 Å². The number of carbonyl (C=O) groups excluding carboxylic acids is 4. The van der Waals surface area contributed by atoms with Gasteiger partial charge in [-0.05, 0) is 38.1 Å². The van der Waals surface area contributed by atoms with Gasteiger partial charge < -0.3 is 19.5 Å². The maximum absolute atomic E-state index is 11.7. The fourth-order valence-electron chi connectivity index (χ4n) is 1.61. The molecule has 0 radical (unpaired) electrons. The fraction of sp³-hybridized carbons (Fsp3) is 0.294. The van der Waals surface area contributed by atoms with Crippen LogP contribution in [0, 0.1) is 0 Å². The molecule has 0 spiro atoms. The lowest BCUT2D eigenvalue weighted by molar-refractivity contribution is -0.143. The van der Waals surface area contributed by atoms with Crippen LogP contribution in [0.3, 0.4) is 0 Å². The molecule has 0 saturated carbocycles. The molecule has 1 rings (SSSR count). The Balaban J connectivity index is 2.42. The monoisotopic (exact) mass is 349 g/mol. The zero-order valence-electron chi connectivity index (χ0n) is 13.9. The number of benzene rings is 1. The van der Waals surface area contributed by atoms with Gasteiger partial charge >= 0.3 is 17.9 Å². The van der Waals surface area contributed by atoms with Crippen molar-refractivity contribution in [2.75, 3.05) is 25.1 Å². The Morgan fingerprint density at radius 2 is 1.44 bits per heavy atom. The van der Waals surface area contributed by atoms with Gasteiger partial charge in [0.2, 0.25) is 0 Å². The summed E-state index contributed by atoms with van der Waals surface area (Å²) in [5.74, 6) is -2.55. The standard InChI is InChI=1S/C17H19NO7/c1-3-23-15(20)9-10-16(21)25-11-14(19)18-13-7-5-12(6-8-13)17(22)24-4-2/h5-10H,3-4,11H2,1-2H3,(H,18,19)/b10-9+. The molecule has 1 N–H and O–H groups in total. The summed E-state index contributed by atoms with van der Waals surface area (Å²) in [7, 11) is 0. The molecule has 1 amide bonds. The first-order valence-electron chi connectivity index (χ1n) is 7.54. The average Bonchev–Trinajstić information content (AvgIpc) is 2.59. The highest BCUT2D eigenvalue weighted by atomic mass is 16.5. The van der Waals surface area contributed by atoms with Gasteiger partial charge in [0.1, 0.15) is 0 Å². The third-order valence-electron chi connectivity index (χ3n) is 2.67. The van der Waals surface area contributed by atoms with Crippen molar-refractivity contribution in [3.05, 3.63) is 42.0 Å². The van der Waals surface area contributed by atoms with Crippen LogP contribution in [0.1, 0.15) is 24.2 Å². The third kappa shape index (κ3) is 7.78. The van der Waals surface area contributed by atoms with Crippen molar-refractivity contribution in [3.8, 4) is 0 Å². The summed E-state index contributed by atoms with van der Waals surface area (Å²) in [6.45, 7) is 3.28. The summed E-state index contributed by atoms with van der Waals surface area (Å²) in [5.41, 5.74) is 0.784. The molecule has 0 aromatic heterocycles. The molecular weight excluding hydrogens is 330 g/mol. The Hall–Kier alpha value is -3.16. The molecule has 8 nitrogen and oxygen atoms in total. The van der Waals surface area contributed by atoms with Crippen LogP contribution in [0.15, 0.2) is 36.4 Å². The van der Waals surface area contributed by atoms with Gasteiger partial charge in [-0.2, -0.15) is 0 Å². The topological polar surface area (TPSA) is 108 Å².